The van der Waals surface area contributed by atoms with Crippen LogP contribution in [0.4, 0.5) is 0 Å². The molecule has 0 saturated heterocycles. The molecule has 0 bridgehead atoms. The molecule has 6 nitrogen and oxygen atoms in total. The maximum absolute atomic E-state index is 12.3. The van der Waals surface area contributed by atoms with Gasteiger partial charge in [-0.2, -0.15) is 0 Å². The van der Waals surface area contributed by atoms with Gasteiger partial charge in [0.2, 0.25) is 0 Å². The molecule has 0 aliphatic rings. The van der Waals surface area contributed by atoms with Gasteiger partial charge < -0.3 is 19.7 Å². The number of aromatic hydroxyl groups is 2. The Labute approximate surface area is 193 Å². The van der Waals surface area contributed by atoms with Crippen molar-refractivity contribution in [1.29, 1.82) is 0 Å². The van der Waals surface area contributed by atoms with Gasteiger partial charge >= 0.3 is 0 Å². The molecule has 0 amide bonds. The molecule has 2 rings (SSSR count). The summed E-state index contributed by atoms with van der Waals surface area (Å²) in [5, 5.41) is 20.3. The summed E-state index contributed by atoms with van der Waals surface area (Å²) < 4.78 is 10.3. The molecule has 0 atom stereocenters. The van der Waals surface area contributed by atoms with Crippen molar-refractivity contribution in [3.8, 4) is 23.0 Å². The second kappa shape index (κ2) is 12.1. The largest absolute Gasteiger partial charge is 0.504 e. The van der Waals surface area contributed by atoms with E-state index in [1.165, 1.54) is 26.4 Å². The van der Waals surface area contributed by atoms with Crippen LogP contribution in [0.2, 0.25) is 0 Å². The van der Waals surface area contributed by atoms with Crippen LogP contribution in [0, 0.1) is 0 Å². The van der Waals surface area contributed by atoms with Gasteiger partial charge in [0.25, 0.3) is 0 Å². The number of benzene rings is 2. The molecule has 0 aliphatic heterocycles. The van der Waals surface area contributed by atoms with Crippen LogP contribution < -0.4 is 9.47 Å². The molecule has 2 aromatic carbocycles. The first-order valence-electron chi connectivity index (χ1n) is 10.3. The van der Waals surface area contributed by atoms with Crippen molar-refractivity contribution < 1.29 is 29.3 Å². The standard InChI is InChI=1S/C27H28O6/c1-5-7-20-13-18(15-24(32-3)26(20)30)9-11-22(28)17-23(29)12-10-19-14-21(8-6-2)27(31)25(16-19)33-4/h5-6,9-16,30-31H,1-2,7-8,17H2,3-4H3. The molecule has 0 unspecified atom stereocenters. The average molecular weight is 449 g/mol. The molecule has 33 heavy (non-hydrogen) atoms. The smallest absolute Gasteiger partial charge is 0.163 e. The normalized spacial score (nSPS) is 11.0. The molecule has 2 aromatic rings. The lowest BCUT2D eigenvalue weighted by Gasteiger charge is -2.09. The van der Waals surface area contributed by atoms with Crippen LogP contribution in [0.15, 0.2) is 61.7 Å². The van der Waals surface area contributed by atoms with Gasteiger partial charge in [-0.25, -0.2) is 0 Å². The predicted molar refractivity (Wildman–Crippen MR) is 130 cm³/mol. The number of rotatable bonds is 12. The van der Waals surface area contributed by atoms with Crippen LogP contribution in [0.1, 0.15) is 28.7 Å². The van der Waals surface area contributed by atoms with Crippen molar-refractivity contribution >= 4 is 23.7 Å². The Hall–Kier alpha value is -4.06. The van der Waals surface area contributed by atoms with Crippen LogP contribution in [0.5, 0.6) is 23.0 Å². The highest BCUT2D eigenvalue weighted by atomic mass is 16.5. The molecular weight excluding hydrogens is 420 g/mol. The maximum atomic E-state index is 12.3. The van der Waals surface area contributed by atoms with E-state index in [0.29, 0.717) is 46.6 Å². The monoisotopic (exact) mass is 448 g/mol. The Morgan fingerprint density at radius 2 is 1.18 bits per heavy atom. The van der Waals surface area contributed by atoms with Gasteiger partial charge in [0.1, 0.15) is 0 Å². The van der Waals surface area contributed by atoms with Crippen molar-refractivity contribution in [2.24, 2.45) is 0 Å². The quantitative estimate of drug-likeness (QED) is 0.275. The lowest BCUT2D eigenvalue weighted by atomic mass is 10.0. The number of allylic oxidation sites excluding steroid dienone is 4. The Morgan fingerprint density at radius 1 is 0.788 bits per heavy atom. The molecule has 0 saturated carbocycles. The number of methoxy groups -OCH3 is 2. The Morgan fingerprint density at radius 3 is 1.52 bits per heavy atom. The molecule has 0 radical (unpaired) electrons. The zero-order valence-electron chi connectivity index (χ0n) is 18.8. The first-order valence-corrected chi connectivity index (χ1v) is 10.3. The summed E-state index contributed by atoms with van der Waals surface area (Å²) in [6, 6.07) is 6.66. The van der Waals surface area contributed by atoms with Gasteiger partial charge in [0, 0.05) is 11.1 Å². The summed E-state index contributed by atoms with van der Waals surface area (Å²) in [4.78, 5) is 24.5. The van der Waals surface area contributed by atoms with Crippen LogP contribution >= 0.6 is 0 Å². The molecule has 0 aliphatic carbocycles. The molecule has 172 valence electrons. The minimum absolute atomic E-state index is 0.0308. The molecule has 2 N–H and O–H groups in total. The summed E-state index contributed by atoms with van der Waals surface area (Å²) in [6.45, 7) is 7.33. The fraction of sp³-hybridized carbons (Fsp3) is 0.185. The summed E-state index contributed by atoms with van der Waals surface area (Å²) >= 11 is 0. The highest BCUT2D eigenvalue weighted by Crippen LogP contribution is 2.33. The number of hydrogen-bond donors (Lipinski definition) is 2. The molecule has 0 heterocycles. The summed E-state index contributed by atoms with van der Waals surface area (Å²) in [5.41, 5.74) is 2.55. The third-order valence-electron chi connectivity index (χ3n) is 4.79. The van der Waals surface area contributed by atoms with Crippen LogP contribution in [0.3, 0.4) is 0 Å². The molecule has 0 aromatic heterocycles. The minimum atomic E-state index is -0.363. The topological polar surface area (TPSA) is 93.1 Å². The predicted octanol–water partition coefficient (Wildman–Crippen LogP) is 4.83. The molecular formula is C27H28O6. The lowest BCUT2D eigenvalue weighted by molar-refractivity contribution is -0.121. The van der Waals surface area contributed by atoms with Gasteiger partial charge in [0.05, 0.1) is 20.6 Å². The first-order chi connectivity index (χ1) is 15.8. The van der Waals surface area contributed by atoms with Crippen molar-refractivity contribution in [3.05, 3.63) is 84.0 Å². The van der Waals surface area contributed by atoms with E-state index in [-0.39, 0.29) is 29.5 Å². The second-order valence-corrected chi connectivity index (χ2v) is 7.22. The number of hydrogen-bond acceptors (Lipinski definition) is 6. The SMILES string of the molecule is C=CCc1cc(C=CC(=O)CC(=O)C=Cc2cc(CC=C)c(O)c(OC)c2)cc(OC)c1O. The average Bonchev–Trinajstić information content (AvgIpc) is 2.80. The van der Waals surface area contributed by atoms with Gasteiger partial charge in [0.15, 0.2) is 34.6 Å². The summed E-state index contributed by atoms with van der Waals surface area (Å²) in [6.07, 6.45) is 9.68. The third kappa shape index (κ3) is 6.97. The lowest BCUT2D eigenvalue weighted by Crippen LogP contribution is -2.02. The fourth-order valence-electron chi connectivity index (χ4n) is 3.17. The van der Waals surface area contributed by atoms with E-state index in [2.05, 4.69) is 13.2 Å². The third-order valence-corrected chi connectivity index (χ3v) is 4.79. The number of carbonyl (C=O) groups excluding carboxylic acids is 2. The van der Waals surface area contributed by atoms with Crippen LogP contribution in [-0.4, -0.2) is 36.0 Å². The van der Waals surface area contributed by atoms with Crippen molar-refractivity contribution in [3.63, 3.8) is 0 Å². The van der Waals surface area contributed by atoms with E-state index < -0.39 is 0 Å². The Kier molecular flexibility index (Phi) is 9.24. The summed E-state index contributed by atoms with van der Waals surface area (Å²) in [5.74, 6) is -0.0805. The van der Waals surface area contributed by atoms with Gasteiger partial charge in [-0.05, 0) is 60.4 Å². The highest BCUT2D eigenvalue weighted by molar-refractivity contribution is 6.10. The van der Waals surface area contributed by atoms with Gasteiger partial charge in [-0.3, -0.25) is 9.59 Å². The second-order valence-electron chi connectivity index (χ2n) is 7.22. The Bertz CT molecular complexity index is 1020. The summed E-state index contributed by atoms with van der Waals surface area (Å²) in [7, 11) is 2.89. The first kappa shape index (κ1) is 25.2. The zero-order valence-corrected chi connectivity index (χ0v) is 18.8. The molecule has 0 spiro atoms. The van der Waals surface area contributed by atoms with E-state index in [1.807, 2.05) is 0 Å². The van der Waals surface area contributed by atoms with Crippen molar-refractivity contribution in [2.45, 2.75) is 19.3 Å². The van der Waals surface area contributed by atoms with Crippen LogP contribution in [0.25, 0.3) is 12.2 Å². The number of ketones is 2. The van der Waals surface area contributed by atoms with Gasteiger partial charge in [-0.15, -0.1) is 13.2 Å². The number of ether oxygens (including phenoxy) is 2. The fourth-order valence-corrected chi connectivity index (χ4v) is 3.17. The zero-order chi connectivity index (χ0) is 24.4. The maximum Gasteiger partial charge on any atom is 0.163 e. The van der Waals surface area contributed by atoms with E-state index in [4.69, 9.17) is 9.47 Å². The van der Waals surface area contributed by atoms with E-state index >= 15 is 0 Å². The van der Waals surface area contributed by atoms with E-state index in [0.717, 1.165) is 0 Å². The number of phenols is 2. The Balaban J connectivity index is 2.10. The number of phenolic OH excluding ortho intramolecular Hbond substituents is 2. The number of carbonyl (C=O) groups is 2. The molecule has 0 fully saturated rings. The minimum Gasteiger partial charge on any atom is -0.504 e. The van der Waals surface area contributed by atoms with E-state index in [1.54, 1.807) is 48.6 Å². The van der Waals surface area contributed by atoms with Gasteiger partial charge in [-0.1, -0.05) is 24.3 Å². The molecule has 6 heteroatoms. The van der Waals surface area contributed by atoms with Crippen LogP contribution in [-0.2, 0) is 22.4 Å². The van der Waals surface area contributed by atoms with Crippen molar-refractivity contribution in [1.82, 2.24) is 0 Å². The van der Waals surface area contributed by atoms with E-state index in [9.17, 15) is 19.8 Å². The highest BCUT2D eigenvalue weighted by Gasteiger charge is 2.11. The van der Waals surface area contributed by atoms with Crippen molar-refractivity contribution in [2.75, 3.05) is 14.2 Å².